The van der Waals surface area contributed by atoms with Gasteiger partial charge in [0, 0.05) is 6.42 Å². The van der Waals surface area contributed by atoms with Crippen LogP contribution in [0.5, 0.6) is 0 Å². The molecular weight excluding hydrogens is 252 g/mol. The molecule has 0 unspecified atom stereocenters. The monoisotopic (exact) mass is 270 g/mol. The van der Waals surface area contributed by atoms with E-state index in [9.17, 15) is 4.79 Å². The molecule has 0 aliphatic heterocycles. The van der Waals surface area contributed by atoms with Crippen LogP contribution in [-0.4, -0.2) is 15.0 Å². The van der Waals surface area contributed by atoms with Gasteiger partial charge in [-0.25, -0.2) is 0 Å². The highest BCUT2D eigenvalue weighted by atomic mass is 28.3. The van der Waals surface area contributed by atoms with Crippen molar-refractivity contribution >= 4 is 25.4 Å². The van der Waals surface area contributed by atoms with Gasteiger partial charge < -0.3 is 4.43 Å². The molecule has 0 aliphatic carbocycles. The first-order valence-corrected chi connectivity index (χ1v) is 8.23. The lowest BCUT2D eigenvalue weighted by Gasteiger charge is -2.17. The van der Waals surface area contributed by atoms with Crippen molar-refractivity contribution < 1.29 is 9.22 Å². The molecule has 0 saturated heterocycles. The van der Waals surface area contributed by atoms with E-state index in [0.29, 0.717) is 6.42 Å². The number of rotatable bonds is 5. The summed E-state index contributed by atoms with van der Waals surface area (Å²) in [5, 5.41) is 2.27. The van der Waals surface area contributed by atoms with Crippen LogP contribution in [0.15, 0.2) is 60.7 Å². The van der Waals surface area contributed by atoms with Crippen molar-refractivity contribution in [2.75, 3.05) is 0 Å². The largest absolute Gasteiger partial charge is 0.513 e. The number of carbonyl (C=O) groups excluding carboxylic acids is 1. The molecule has 2 aromatic rings. The summed E-state index contributed by atoms with van der Waals surface area (Å²) in [4.78, 5) is 11.8. The Balaban J connectivity index is 2.26. The second-order valence-electron chi connectivity index (χ2n) is 4.44. The van der Waals surface area contributed by atoms with Crippen molar-refractivity contribution in [2.45, 2.75) is 19.8 Å². The number of carbonyl (C=O) groups is 1. The highest BCUT2D eigenvalue weighted by molar-refractivity contribution is 6.81. The molecule has 0 saturated carbocycles. The number of benzene rings is 2. The van der Waals surface area contributed by atoms with Gasteiger partial charge in [0.25, 0.3) is 5.97 Å². The minimum absolute atomic E-state index is 0.0909. The molecular formula is C16H18O2Si. The lowest BCUT2D eigenvalue weighted by Crippen LogP contribution is -2.46. The molecule has 98 valence electrons. The van der Waals surface area contributed by atoms with Crippen LogP contribution >= 0.6 is 0 Å². The molecule has 0 bridgehead atoms. The van der Waals surface area contributed by atoms with Gasteiger partial charge in [-0.2, -0.15) is 0 Å². The van der Waals surface area contributed by atoms with E-state index in [-0.39, 0.29) is 5.97 Å². The summed E-state index contributed by atoms with van der Waals surface area (Å²) in [6.45, 7) is 1.99. The van der Waals surface area contributed by atoms with Crippen molar-refractivity contribution in [3.05, 3.63) is 60.7 Å². The predicted octanol–water partition coefficient (Wildman–Crippen LogP) is 1.87. The summed E-state index contributed by atoms with van der Waals surface area (Å²) in [7, 11) is -1.89. The van der Waals surface area contributed by atoms with E-state index in [1.54, 1.807) is 0 Å². The van der Waals surface area contributed by atoms with Crippen LogP contribution in [0.2, 0.25) is 0 Å². The smallest absolute Gasteiger partial charge is 0.302 e. The molecule has 19 heavy (non-hydrogen) atoms. The van der Waals surface area contributed by atoms with Crippen molar-refractivity contribution in [2.24, 2.45) is 0 Å². The molecule has 0 amide bonds. The molecule has 0 heterocycles. The quantitative estimate of drug-likeness (QED) is 0.775. The maximum absolute atomic E-state index is 11.8. The molecule has 3 heteroatoms. The van der Waals surface area contributed by atoms with Crippen LogP contribution < -0.4 is 10.4 Å². The fourth-order valence-electron chi connectivity index (χ4n) is 1.98. The zero-order valence-corrected chi connectivity index (χ0v) is 12.2. The van der Waals surface area contributed by atoms with Gasteiger partial charge in [-0.1, -0.05) is 67.6 Å². The maximum atomic E-state index is 11.8. The Kier molecular flexibility index (Phi) is 4.92. The molecule has 2 aromatic carbocycles. The van der Waals surface area contributed by atoms with Crippen molar-refractivity contribution in [3.8, 4) is 0 Å². The zero-order chi connectivity index (χ0) is 13.5. The first kappa shape index (κ1) is 13.6. The van der Waals surface area contributed by atoms with Gasteiger partial charge >= 0.3 is 9.04 Å². The third-order valence-electron chi connectivity index (χ3n) is 2.91. The highest BCUT2D eigenvalue weighted by Gasteiger charge is 2.21. The third-order valence-corrected chi connectivity index (χ3v) is 5.39. The van der Waals surface area contributed by atoms with Crippen LogP contribution in [0.3, 0.4) is 0 Å². The Morgan fingerprint density at radius 1 is 0.947 bits per heavy atom. The SMILES string of the molecule is CCCC(=O)O[SiH](c1ccccc1)c1ccccc1. The summed E-state index contributed by atoms with van der Waals surface area (Å²) >= 11 is 0. The molecule has 0 fully saturated rings. The fourth-order valence-corrected chi connectivity index (χ4v) is 4.16. The average Bonchev–Trinajstić information content (AvgIpc) is 2.47. The average molecular weight is 270 g/mol. The van der Waals surface area contributed by atoms with Gasteiger partial charge in [0.05, 0.1) is 0 Å². The van der Waals surface area contributed by atoms with Crippen LogP contribution in [0.1, 0.15) is 19.8 Å². The van der Waals surface area contributed by atoms with Crippen molar-refractivity contribution in [3.63, 3.8) is 0 Å². The molecule has 0 aromatic heterocycles. The summed E-state index contributed by atoms with van der Waals surface area (Å²) in [5.74, 6) is -0.0909. The minimum atomic E-state index is -1.89. The van der Waals surface area contributed by atoms with E-state index in [1.165, 1.54) is 0 Å². The van der Waals surface area contributed by atoms with Gasteiger partial charge in [-0.3, -0.25) is 4.79 Å². The summed E-state index contributed by atoms with van der Waals surface area (Å²) in [6.07, 6.45) is 1.31. The molecule has 2 rings (SSSR count). The summed E-state index contributed by atoms with van der Waals surface area (Å²) in [5.41, 5.74) is 0. The zero-order valence-electron chi connectivity index (χ0n) is 11.1. The Bertz CT molecular complexity index is 471. The van der Waals surface area contributed by atoms with Gasteiger partial charge in [0.15, 0.2) is 0 Å². The van der Waals surface area contributed by atoms with Gasteiger partial charge in [0.2, 0.25) is 0 Å². The van der Waals surface area contributed by atoms with Gasteiger partial charge in [0.1, 0.15) is 0 Å². The second-order valence-corrected chi connectivity index (χ2v) is 6.77. The molecule has 0 radical (unpaired) electrons. The van der Waals surface area contributed by atoms with Gasteiger partial charge in [-0.05, 0) is 16.8 Å². The predicted molar refractivity (Wildman–Crippen MR) is 80.3 cm³/mol. The first-order valence-electron chi connectivity index (χ1n) is 6.60. The molecule has 0 aliphatic rings. The standard InChI is InChI=1S/C16H18O2Si/c1-2-9-16(17)18-19(14-10-5-3-6-11-14)15-12-7-4-8-13-15/h3-8,10-13,19H,2,9H2,1H3. The third kappa shape index (κ3) is 3.79. The van der Waals surface area contributed by atoms with Crippen molar-refractivity contribution in [1.82, 2.24) is 0 Å². The molecule has 0 atom stereocenters. The van der Waals surface area contributed by atoms with E-state index < -0.39 is 9.04 Å². The number of hydrogen-bond donors (Lipinski definition) is 0. The molecule has 0 spiro atoms. The topological polar surface area (TPSA) is 26.3 Å². The highest BCUT2D eigenvalue weighted by Crippen LogP contribution is 1.98. The van der Waals surface area contributed by atoms with Crippen LogP contribution in [0.4, 0.5) is 0 Å². The second kappa shape index (κ2) is 6.90. The Hall–Kier alpha value is -1.87. The van der Waals surface area contributed by atoms with E-state index in [0.717, 1.165) is 16.8 Å². The van der Waals surface area contributed by atoms with Crippen LogP contribution in [-0.2, 0) is 9.22 Å². The summed E-state index contributed by atoms with van der Waals surface area (Å²) in [6, 6.07) is 20.1. The lowest BCUT2D eigenvalue weighted by atomic mass is 10.3. The van der Waals surface area contributed by atoms with Crippen molar-refractivity contribution in [1.29, 1.82) is 0 Å². The maximum Gasteiger partial charge on any atom is 0.302 e. The number of hydrogen-bond acceptors (Lipinski definition) is 2. The Labute approximate surface area is 115 Å². The fraction of sp³-hybridized carbons (Fsp3) is 0.188. The normalized spacial score (nSPS) is 10.4. The Morgan fingerprint density at radius 3 is 1.84 bits per heavy atom. The van der Waals surface area contributed by atoms with Gasteiger partial charge in [-0.15, -0.1) is 0 Å². The van der Waals surface area contributed by atoms with E-state index in [1.807, 2.05) is 67.6 Å². The van der Waals surface area contributed by atoms with E-state index in [2.05, 4.69) is 0 Å². The summed E-state index contributed by atoms with van der Waals surface area (Å²) < 4.78 is 5.76. The molecule has 2 nitrogen and oxygen atoms in total. The van der Waals surface area contributed by atoms with Crippen LogP contribution in [0, 0.1) is 0 Å². The lowest BCUT2D eigenvalue weighted by molar-refractivity contribution is -0.134. The first-order chi connectivity index (χ1) is 9.31. The van der Waals surface area contributed by atoms with Crippen LogP contribution in [0.25, 0.3) is 0 Å². The minimum Gasteiger partial charge on any atom is -0.513 e. The van der Waals surface area contributed by atoms with E-state index in [4.69, 9.17) is 4.43 Å². The molecule has 0 N–H and O–H groups in total. The Morgan fingerprint density at radius 2 is 1.42 bits per heavy atom. The van der Waals surface area contributed by atoms with E-state index >= 15 is 0 Å².